The van der Waals surface area contributed by atoms with E-state index in [1.165, 1.54) is 4.90 Å². The molecule has 0 fully saturated rings. The maximum Gasteiger partial charge on any atom is 0.322 e. The molecule has 0 bridgehead atoms. The van der Waals surface area contributed by atoms with Crippen LogP contribution in [0.25, 0.3) is 0 Å². The van der Waals surface area contributed by atoms with Crippen molar-refractivity contribution >= 4 is 23.5 Å². The second kappa shape index (κ2) is 5.89. The minimum absolute atomic E-state index is 0.0221. The van der Waals surface area contributed by atoms with Gasteiger partial charge in [0.15, 0.2) is 0 Å². The van der Waals surface area contributed by atoms with E-state index in [0.29, 0.717) is 17.1 Å². The molecule has 122 valence electrons. The fourth-order valence-corrected chi connectivity index (χ4v) is 3.35. The molecule has 1 aromatic rings. The van der Waals surface area contributed by atoms with Gasteiger partial charge in [-0.25, -0.2) is 4.79 Å². The van der Waals surface area contributed by atoms with E-state index in [0.717, 1.165) is 17.7 Å². The van der Waals surface area contributed by atoms with Gasteiger partial charge in [0.2, 0.25) is 0 Å². The lowest BCUT2D eigenvalue weighted by molar-refractivity contribution is -0.127. The summed E-state index contributed by atoms with van der Waals surface area (Å²) in [5.74, 6) is -0.0221. The Bertz CT molecular complexity index is 701. The third-order valence-electron chi connectivity index (χ3n) is 4.73. The van der Waals surface area contributed by atoms with Gasteiger partial charge in [0.25, 0.3) is 5.91 Å². The van der Waals surface area contributed by atoms with Gasteiger partial charge < -0.3 is 10.2 Å². The smallest absolute Gasteiger partial charge is 0.322 e. The number of urea groups is 1. The molecule has 0 unspecified atom stereocenters. The van der Waals surface area contributed by atoms with Crippen molar-refractivity contribution in [2.75, 3.05) is 13.6 Å². The molecule has 1 N–H and O–H groups in total. The van der Waals surface area contributed by atoms with Crippen LogP contribution in [0.5, 0.6) is 0 Å². The lowest BCUT2D eigenvalue weighted by atomic mass is 9.95. The molecule has 2 heterocycles. The maximum atomic E-state index is 12.9. The normalized spacial score (nSPS) is 22.3. The number of benzene rings is 1. The molecule has 2 aliphatic heterocycles. The first-order valence-electron chi connectivity index (χ1n) is 7.78. The predicted octanol–water partition coefficient (Wildman–Crippen LogP) is 2.93. The predicted molar refractivity (Wildman–Crippen MR) is 89.0 cm³/mol. The molecule has 6 heteroatoms. The number of hydrogen-bond donors (Lipinski definition) is 1. The Morgan fingerprint density at radius 3 is 2.70 bits per heavy atom. The van der Waals surface area contributed by atoms with Gasteiger partial charge in [-0.15, -0.1) is 0 Å². The van der Waals surface area contributed by atoms with E-state index >= 15 is 0 Å². The highest BCUT2D eigenvalue weighted by molar-refractivity contribution is 6.31. The van der Waals surface area contributed by atoms with E-state index in [2.05, 4.69) is 5.32 Å². The Morgan fingerprint density at radius 1 is 1.35 bits per heavy atom. The summed E-state index contributed by atoms with van der Waals surface area (Å²) in [5.41, 5.74) is 2.15. The van der Waals surface area contributed by atoms with E-state index in [4.69, 9.17) is 11.6 Å². The lowest BCUT2D eigenvalue weighted by Gasteiger charge is -2.31. The molecule has 0 radical (unpaired) electrons. The van der Waals surface area contributed by atoms with Crippen molar-refractivity contribution in [2.24, 2.45) is 0 Å². The quantitative estimate of drug-likeness (QED) is 0.924. The van der Waals surface area contributed by atoms with Gasteiger partial charge in [-0.2, -0.15) is 0 Å². The molecule has 0 spiro atoms. The van der Waals surface area contributed by atoms with Crippen molar-refractivity contribution < 1.29 is 9.59 Å². The van der Waals surface area contributed by atoms with Crippen LogP contribution in [0.2, 0.25) is 5.02 Å². The average molecular weight is 334 g/mol. The summed E-state index contributed by atoms with van der Waals surface area (Å²) in [7, 11) is 1.70. The molecule has 2 atom stereocenters. The second-order valence-corrected chi connectivity index (χ2v) is 6.42. The molecule has 3 rings (SSSR count). The number of nitrogens with one attached hydrogen (secondary N) is 1. The zero-order chi connectivity index (χ0) is 16.7. The minimum Gasteiger partial charge on any atom is -0.330 e. The van der Waals surface area contributed by atoms with Crippen molar-refractivity contribution in [3.63, 3.8) is 0 Å². The molecule has 0 saturated carbocycles. The first-order valence-corrected chi connectivity index (χ1v) is 8.16. The van der Waals surface area contributed by atoms with Gasteiger partial charge >= 0.3 is 6.03 Å². The largest absolute Gasteiger partial charge is 0.330 e. The Hall–Kier alpha value is -2.01. The lowest BCUT2D eigenvalue weighted by Crippen LogP contribution is -2.45. The summed E-state index contributed by atoms with van der Waals surface area (Å²) in [4.78, 5) is 28.6. The Morgan fingerprint density at radius 2 is 2.04 bits per heavy atom. The number of likely N-dealkylation sites (N-methyl/N-ethyl adjacent to an activating group) is 1. The van der Waals surface area contributed by atoms with Crippen molar-refractivity contribution in [3.8, 4) is 0 Å². The van der Waals surface area contributed by atoms with Crippen LogP contribution in [-0.2, 0) is 4.79 Å². The van der Waals surface area contributed by atoms with Crippen LogP contribution >= 0.6 is 11.6 Å². The van der Waals surface area contributed by atoms with Crippen LogP contribution in [0, 0.1) is 0 Å². The van der Waals surface area contributed by atoms with Crippen LogP contribution < -0.4 is 5.32 Å². The highest BCUT2D eigenvalue weighted by atomic mass is 35.5. The van der Waals surface area contributed by atoms with E-state index < -0.39 is 6.04 Å². The molecule has 5 nitrogen and oxygen atoms in total. The SMILES string of the molecule is CC[C@@H](C)N1CC2=C(C1=O)[C@H](c1ccccc1Cl)NC(=O)N2C. The highest BCUT2D eigenvalue weighted by Crippen LogP contribution is 2.38. The van der Waals surface area contributed by atoms with Gasteiger partial charge in [0.05, 0.1) is 23.9 Å². The summed E-state index contributed by atoms with van der Waals surface area (Å²) in [6.45, 7) is 4.54. The first-order chi connectivity index (χ1) is 11.0. The van der Waals surface area contributed by atoms with Gasteiger partial charge in [-0.05, 0) is 25.0 Å². The van der Waals surface area contributed by atoms with E-state index in [9.17, 15) is 9.59 Å². The van der Waals surface area contributed by atoms with Crippen LogP contribution in [0.15, 0.2) is 35.5 Å². The number of halogens is 1. The molecule has 23 heavy (non-hydrogen) atoms. The van der Waals surface area contributed by atoms with Crippen LogP contribution in [0.3, 0.4) is 0 Å². The third-order valence-corrected chi connectivity index (χ3v) is 5.07. The van der Waals surface area contributed by atoms with E-state index in [1.54, 1.807) is 13.1 Å². The summed E-state index contributed by atoms with van der Waals surface area (Å²) in [6.07, 6.45) is 0.869. The molecule has 2 aliphatic rings. The monoisotopic (exact) mass is 333 g/mol. The Kier molecular flexibility index (Phi) is 4.06. The molecule has 3 amide bonds. The Labute approximate surface area is 140 Å². The van der Waals surface area contributed by atoms with Crippen molar-refractivity contribution in [3.05, 3.63) is 46.1 Å². The number of carbonyl (C=O) groups excluding carboxylic acids is 2. The topological polar surface area (TPSA) is 52.7 Å². The standard InChI is InChI=1S/C17H20ClN3O2/c1-4-10(2)21-9-13-14(16(21)22)15(19-17(23)20(13)3)11-7-5-6-8-12(11)18/h5-8,10,15H,4,9H2,1-3H3,(H,19,23)/t10-,15+/m1/s1. The minimum atomic E-state index is -0.496. The zero-order valence-corrected chi connectivity index (χ0v) is 14.2. The molecule has 0 saturated heterocycles. The first kappa shape index (κ1) is 15.9. The zero-order valence-electron chi connectivity index (χ0n) is 13.5. The molecule has 0 aromatic heterocycles. The van der Waals surface area contributed by atoms with Crippen LogP contribution in [0.1, 0.15) is 31.9 Å². The highest BCUT2D eigenvalue weighted by Gasteiger charge is 2.44. The molecule has 1 aromatic carbocycles. The molecule has 0 aliphatic carbocycles. The summed E-state index contributed by atoms with van der Waals surface area (Å²) in [6, 6.07) is 6.73. The molecular weight excluding hydrogens is 314 g/mol. The van der Waals surface area contributed by atoms with Gasteiger partial charge in [0.1, 0.15) is 0 Å². The number of rotatable bonds is 3. The average Bonchev–Trinajstić information content (AvgIpc) is 2.89. The van der Waals surface area contributed by atoms with E-state index in [-0.39, 0.29) is 18.0 Å². The maximum absolute atomic E-state index is 12.9. The fraction of sp³-hybridized carbons (Fsp3) is 0.412. The van der Waals surface area contributed by atoms with Crippen molar-refractivity contribution in [1.82, 2.24) is 15.1 Å². The Balaban J connectivity index is 2.07. The van der Waals surface area contributed by atoms with E-state index in [1.807, 2.05) is 36.9 Å². The van der Waals surface area contributed by atoms with Gasteiger partial charge in [0, 0.05) is 18.1 Å². The second-order valence-electron chi connectivity index (χ2n) is 6.01. The fourth-order valence-electron chi connectivity index (χ4n) is 3.11. The number of amides is 3. The van der Waals surface area contributed by atoms with Gasteiger partial charge in [-0.3, -0.25) is 9.69 Å². The van der Waals surface area contributed by atoms with Crippen molar-refractivity contribution in [1.29, 1.82) is 0 Å². The number of nitrogens with zero attached hydrogens (tertiary/aromatic N) is 2. The summed E-state index contributed by atoms with van der Waals surface area (Å²) in [5, 5.41) is 3.45. The van der Waals surface area contributed by atoms with Crippen LogP contribution in [0.4, 0.5) is 4.79 Å². The van der Waals surface area contributed by atoms with Crippen LogP contribution in [-0.4, -0.2) is 41.4 Å². The summed E-state index contributed by atoms with van der Waals surface area (Å²) >= 11 is 6.29. The van der Waals surface area contributed by atoms with Crippen molar-refractivity contribution in [2.45, 2.75) is 32.4 Å². The molecular formula is C17H20ClN3O2. The number of hydrogen-bond acceptors (Lipinski definition) is 2. The third kappa shape index (κ3) is 2.49. The number of carbonyl (C=O) groups is 2. The van der Waals surface area contributed by atoms with Gasteiger partial charge in [-0.1, -0.05) is 36.7 Å². The summed E-state index contributed by atoms with van der Waals surface area (Å²) < 4.78 is 0.